The molecule has 1 aliphatic rings. The van der Waals surface area contributed by atoms with Gasteiger partial charge >= 0.3 is 0 Å². The van der Waals surface area contributed by atoms with Crippen LogP contribution in [0.25, 0.3) is 0 Å². The van der Waals surface area contributed by atoms with Crippen molar-refractivity contribution >= 4 is 38.8 Å². The number of hydrogen-bond acceptors (Lipinski definition) is 3. The van der Waals surface area contributed by atoms with Gasteiger partial charge in [-0.25, -0.2) is 13.1 Å². The van der Waals surface area contributed by atoms with Gasteiger partial charge in [0.05, 0.1) is 5.02 Å². The zero-order valence-electron chi connectivity index (χ0n) is 12.0. The maximum Gasteiger partial charge on any atom is 0.242 e. The van der Waals surface area contributed by atoms with Crippen LogP contribution in [0.15, 0.2) is 23.1 Å². The van der Waals surface area contributed by atoms with E-state index in [0.29, 0.717) is 18.0 Å². The SMILES string of the molecule is CC(C)C1(CNS(=O)(=O)c2ccc(C(N)=S)cc2Cl)CC1. The fourth-order valence-corrected chi connectivity index (χ4v) is 4.12. The summed E-state index contributed by atoms with van der Waals surface area (Å²) in [4.78, 5) is 0.245. The predicted octanol–water partition coefficient (Wildman–Crippen LogP) is 2.69. The standard InChI is InChI=1S/C14H19ClN2O2S2/c1-9(2)14(5-6-14)8-17-21(18,19)12-4-3-10(13(16)20)7-11(12)15/h3-4,7,9,17H,5-6,8H2,1-2H3,(H2,16,20). The van der Waals surface area contributed by atoms with E-state index in [1.165, 1.54) is 12.1 Å². The quantitative estimate of drug-likeness (QED) is 0.777. The maximum atomic E-state index is 12.4. The van der Waals surface area contributed by atoms with Crippen molar-refractivity contribution in [2.45, 2.75) is 31.6 Å². The minimum absolute atomic E-state index is 0.0590. The van der Waals surface area contributed by atoms with Crippen LogP contribution in [0.3, 0.4) is 0 Å². The summed E-state index contributed by atoms with van der Waals surface area (Å²) in [5, 5.41) is 0.127. The zero-order chi connectivity index (χ0) is 15.8. The van der Waals surface area contributed by atoms with E-state index in [4.69, 9.17) is 29.6 Å². The fourth-order valence-electron chi connectivity index (χ4n) is 2.31. The lowest BCUT2D eigenvalue weighted by Crippen LogP contribution is -2.32. The highest BCUT2D eigenvalue weighted by molar-refractivity contribution is 7.89. The number of halogens is 1. The Bertz CT molecular complexity index is 668. The molecule has 0 spiro atoms. The van der Waals surface area contributed by atoms with Crippen molar-refractivity contribution in [3.05, 3.63) is 28.8 Å². The molecule has 1 aromatic carbocycles. The summed E-state index contributed by atoms with van der Waals surface area (Å²) in [7, 11) is -3.63. The van der Waals surface area contributed by atoms with Crippen LogP contribution in [0.4, 0.5) is 0 Å². The average molecular weight is 347 g/mol. The second kappa shape index (κ2) is 5.83. The summed E-state index contributed by atoms with van der Waals surface area (Å²) in [5.41, 5.74) is 6.15. The van der Waals surface area contributed by atoms with Crippen molar-refractivity contribution in [1.82, 2.24) is 4.72 Å². The van der Waals surface area contributed by atoms with Crippen molar-refractivity contribution < 1.29 is 8.42 Å². The first-order chi connectivity index (χ1) is 9.68. The Kier molecular flexibility index (Phi) is 4.63. The minimum atomic E-state index is -3.63. The van der Waals surface area contributed by atoms with E-state index >= 15 is 0 Å². The Morgan fingerprint density at radius 3 is 2.52 bits per heavy atom. The summed E-state index contributed by atoms with van der Waals surface area (Å²) in [5.74, 6) is 0.452. The fraction of sp³-hybridized carbons (Fsp3) is 0.500. The molecule has 0 amide bonds. The smallest absolute Gasteiger partial charge is 0.242 e. The number of thiocarbonyl (C=S) groups is 1. The lowest BCUT2D eigenvalue weighted by Gasteiger charge is -2.20. The summed E-state index contributed by atoms with van der Waals surface area (Å²) in [6.45, 7) is 4.68. The summed E-state index contributed by atoms with van der Waals surface area (Å²) < 4.78 is 27.4. The van der Waals surface area contributed by atoms with Gasteiger partial charge in [0, 0.05) is 12.1 Å². The van der Waals surface area contributed by atoms with E-state index in [0.717, 1.165) is 12.8 Å². The largest absolute Gasteiger partial charge is 0.389 e. The molecule has 2 rings (SSSR count). The third kappa shape index (κ3) is 3.56. The predicted molar refractivity (Wildman–Crippen MR) is 89.0 cm³/mol. The van der Waals surface area contributed by atoms with Gasteiger partial charge < -0.3 is 5.73 Å². The van der Waals surface area contributed by atoms with Crippen LogP contribution >= 0.6 is 23.8 Å². The van der Waals surface area contributed by atoms with E-state index in [1.807, 2.05) is 0 Å². The number of sulfonamides is 1. The second-order valence-corrected chi connectivity index (χ2v) is 8.43. The van der Waals surface area contributed by atoms with Crippen molar-refractivity contribution in [3.8, 4) is 0 Å². The molecule has 1 saturated carbocycles. The number of nitrogens with one attached hydrogen (secondary N) is 1. The summed E-state index contributed by atoms with van der Waals surface area (Å²) >= 11 is 10.9. The molecule has 21 heavy (non-hydrogen) atoms. The van der Waals surface area contributed by atoms with Crippen LogP contribution in [0.1, 0.15) is 32.3 Å². The lowest BCUT2D eigenvalue weighted by atomic mass is 9.93. The van der Waals surface area contributed by atoms with Crippen molar-refractivity contribution in [2.24, 2.45) is 17.1 Å². The van der Waals surface area contributed by atoms with Gasteiger partial charge in [0.1, 0.15) is 9.88 Å². The molecule has 0 atom stereocenters. The van der Waals surface area contributed by atoms with Gasteiger partial charge in [-0.3, -0.25) is 0 Å². The van der Waals surface area contributed by atoms with E-state index < -0.39 is 10.0 Å². The molecule has 0 radical (unpaired) electrons. The maximum absolute atomic E-state index is 12.4. The van der Waals surface area contributed by atoms with Gasteiger partial charge in [0.2, 0.25) is 10.0 Å². The molecule has 116 valence electrons. The number of nitrogens with two attached hydrogens (primary N) is 1. The first kappa shape index (κ1) is 16.7. The highest BCUT2D eigenvalue weighted by Crippen LogP contribution is 2.51. The Labute approximate surface area is 136 Å². The van der Waals surface area contributed by atoms with Gasteiger partial charge in [-0.2, -0.15) is 0 Å². The molecule has 1 fully saturated rings. The number of hydrogen-bond donors (Lipinski definition) is 2. The van der Waals surface area contributed by atoms with Crippen LogP contribution in [-0.2, 0) is 10.0 Å². The Morgan fingerprint density at radius 1 is 1.48 bits per heavy atom. The highest BCUT2D eigenvalue weighted by atomic mass is 35.5. The monoisotopic (exact) mass is 346 g/mol. The molecular weight excluding hydrogens is 328 g/mol. The van der Waals surface area contributed by atoms with Crippen LogP contribution in [0.5, 0.6) is 0 Å². The molecule has 7 heteroatoms. The van der Waals surface area contributed by atoms with E-state index in [9.17, 15) is 8.42 Å². The molecule has 1 aliphatic carbocycles. The molecule has 3 N–H and O–H groups in total. The van der Waals surface area contributed by atoms with Gasteiger partial charge in [0.15, 0.2) is 0 Å². The van der Waals surface area contributed by atoms with Gasteiger partial charge in [0.25, 0.3) is 0 Å². The highest BCUT2D eigenvalue weighted by Gasteiger charge is 2.45. The Morgan fingerprint density at radius 2 is 2.10 bits per heavy atom. The zero-order valence-corrected chi connectivity index (χ0v) is 14.4. The van der Waals surface area contributed by atoms with Crippen molar-refractivity contribution in [3.63, 3.8) is 0 Å². The lowest BCUT2D eigenvalue weighted by molar-refractivity contribution is 0.357. The normalized spacial score (nSPS) is 17.0. The first-order valence-corrected chi connectivity index (χ1v) is 9.04. The van der Waals surface area contributed by atoms with Crippen molar-refractivity contribution in [2.75, 3.05) is 6.54 Å². The molecule has 0 heterocycles. The van der Waals surface area contributed by atoms with E-state index in [1.54, 1.807) is 6.07 Å². The number of rotatable bonds is 6. The van der Waals surface area contributed by atoms with Crippen molar-refractivity contribution in [1.29, 1.82) is 0 Å². The van der Waals surface area contributed by atoms with E-state index in [-0.39, 0.29) is 20.3 Å². The molecule has 1 aromatic rings. The average Bonchev–Trinajstić information content (AvgIpc) is 3.17. The Hall–Kier alpha value is -0.690. The number of benzene rings is 1. The van der Waals surface area contributed by atoms with Crippen LogP contribution in [0.2, 0.25) is 5.02 Å². The van der Waals surface area contributed by atoms with Gasteiger partial charge in [-0.1, -0.05) is 43.7 Å². The minimum Gasteiger partial charge on any atom is -0.389 e. The van der Waals surface area contributed by atoms with E-state index in [2.05, 4.69) is 18.6 Å². The molecule has 0 aliphatic heterocycles. The molecule has 0 aromatic heterocycles. The molecule has 4 nitrogen and oxygen atoms in total. The van der Waals surface area contributed by atoms with Gasteiger partial charge in [-0.05, 0) is 36.3 Å². The molecule has 0 unspecified atom stereocenters. The third-order valence-corrected chi connectivity index (χ3v) is 6.36. The third-order valence-electron chi connectivity index (χ3n) is 4.24. The first-order valence-electron chi connectivity index (χ1n) is 6.77. The topological polar surface area (TPSA) is 72.2 Å². The second-order valence-electron chi connectivity index (χ2n) is 5.85. The van der Waals surface area contributed by atoms with Crippen LogP contribution in [-0.4, -0.2) is 20.0 Å². The van der Waals surface area contributed by atoms with Crippen LogP contribution < -0.4 is 10.5 Å². The molecule has 0 saturated heterocycles. The van der Waals surface area contributed by atoms with Crippen LogP contribution in [0, 0.1) is 11.3 Å². The van der Waals surface area contributed by atoms with Gasteiger partial charge in [-0.15, -0.1) is 0 Å². The Balaban J connectivity index is 2.18. The summed E-state index contributed by atoms with van der Waals surface area (Å²) in [6, 6.07) is 4.49. The molecule has 0 bridgehead atoms. The summed E-state index contributed by atoms with van der Waals surface area (Å²) in [6.07, 6.45) is 2.11. The molecular formula is C14H19ClN2O2S2.